The van der Waals surface area contributed by atoms with Crippen molar-refractivity contribution in [3.63, 3.8) is 0 Å². The van der Waals surface area contributed by atoms with Gasteiger partial charge in [-0.15, -0.1) is 0 Å². The highest BCUT2D eigenvalue weighted by Crippen LogP contribution is 2.12. The lowest BCUT2D eigenvalue weighted by atomic mass is 10.2. The lowest BCUT2D eigenvalue weighted by Crippen LogP contribution is -2.45. The molecule has 0 aliphatic heterocycles. The highest BCUT2D eigenvalue weighted by Gasteiger charge is 2.17. The number of hydrogen-bond acceptors (Lipinski definition) is 3. The first-order chi connectivity index (χ1) is 11.0. The van der Waals surface area contributed by atoms with Crippen molar-refractivity contribution in [2.45, 2.75) is 32.7 Å². The Kier molecular flexibility index (Phi) is 7.88. The Hall–Kier alpha value is -2.30. The molecule has 1 unspecified atom stereocenters. The van der Waals surface area contributed by atoms with Crippen molar-refractivity contribution in [3.8, 4) is 5.75 Å². The SMILES string of the molecule is CCCCN(C)C(=O)C(C)NC(=O)/C=C/c1ccc(OC)cc1. The molecular formula is C18H26N2O3. The summed E-state index contributed by atoms with van der Waals surface area (Å²) in [6.45, 7) is 4.48. The van der Waals surface area contributed by atoms with E-state index < -0.39 is 6.04 Å². The van der Waals surface area contributed by atoms with Crippen LogP contribution in [0.2, 0.25) is 0 Å². The summed E-state index contributed by atoms with van der Waals surface area (Å²) in [5.41, 5.74) is 0.889. The van der Waals surface area contributed by atoms with Crippen LogP contribution < -0.4 is 10.1 Å². The summed E-state index contributed by atoms with van der Waals surface area (Å²) in [6.07, 6.45) is 5.12. The van der Waals surface area contributed by atoms with Gasteiger partial charge in [0.1, 0.15) is 11.8 Å². The minimum Gasteiger partial charge on any atom is -0.497 e. The average molecular weight is 318 g/mol. The monoisotopic (exact) mass is 318 g/mol. The first kappa shape index (κ1) is 18.7. The Morgan fingerprint density at radius 2 is 1.96 bits per heavy atom. The van der Waals surface area contributed by atoms with E-state index in [1.54, 1.807) is 32.1 Å². The highest BCUT2D eigenvalue weighted by atomic mass is 16.5. The van der Waals surface area contributed by atoms with Crippen LogP contribution in [0.25, 0.3) is 6.08 Å². The van der Waals surface area contributed by atoms with E-state index in [9.17, 15) is 9.59 Å². The maximum atomic E-state index is 12.1. The number of rotatable bonds is 8. The lowest BCUT2D eigenvalue weighted by Gasteiger charge is -2.21. The smallest absolute Gasteiger partial charge is 0.244 e. The van der Waals surface area contributed by atoms with Crippen molar-refractivity contribution in [2.24, 2.45) is 0 Å². The molecule has 1 aromatic carbocycles. The lowest BCUT2D eigenvalue weighted by molar-refractivity contribution is -0.134. The fraction of sp³-hybridized carbons (Fsp3) is 0.444. The minimum atomic E-state index is -0.537. The largest absolute Gasteiger partial charge is 0.497 e. The number of benzene rings is 1. The van der Waals surface area contributed by atoms with Crippen LogP contribution in [0.1, 0.15) is 32.3 Å². The van der Waals surface area contributed by atoms with Crippen molar-refractivity contribution >= 4 is 17.9 Å². The summed E-state index contributed by atoms with van der Waals surface area (Å²) in [7, 11) is 3.36. The van der Waals surface area contributed by atoms with Crippen LogP contribution in [-0.2, 0) is 9.59 Å². The zero-order valence-corrected chi connectivity index (χ0v) is 14.3. The van der Waals surface area contributed by atoms with Crippen molar-refractivity contribution < 1.29 is 14.3 Å². The van der Waals surface area contributed by atoms with Crippen LogP contribution in [0.3, 0.4) is 0 Å². The number of unbranched alkanes of at least 4 members (excludes halogenated alkanes) is 1. The molecule has 0 saturated carbocycles. The van der Waals surface area contributed by atoms with Gasteiger partial charge in [0.25, 0.3) is 0 Å². The molecule has 0 radical (unpaired) electrons. The Labute approximate surface area is 138 Å². The first-order valence-corrected chi connectivity index (χ1v) is 7.85. The molecule has 0 heterocycles. The molecule has 0 aliphatic rings. The Morgan fingerprint density at radius 3 is 2.52 bits per heavy atom. The number of hydrogen-bond donors (Lipinski definition) is 1. The van der Waals surface area contributed by atoms with Crippen molar-refractivity contribution in [2.75, 3.05) is 20.7 Å². The summed E-state index contributed by atoms with van der Waals surface area (Å²) in [4.78, 5) is 25.7. The molecule has 126 valence electrons. The van der Waals surface area contributed by atoms with E-state index in [-0.39, 0.29) is 11.8 Å². The number of carbonyl (C=O) groups excluding carboxylic acids is 2. The standard InChI is InChI=1S/C18H26N2O3/c1-5-6-13-20(3)18(22)14(2)19-17(21)12-9-15-7-10-16(23-4)11-8-15/h7-12,14H,5-6,13H2,1-4H3,(H,19,21)/b12-9+. The predicted octanol–water partition coefficient (Wildman–Crippen LogP) is 2.47. The van der Waals surface area contributed by atoms with Gasteiger partial charge in [-0.2, -0.15) is 0 Å². The second-order valence-electron chi connectivity index (χ2n) is 5.45. The van der Waals surface area contributed by atoms with Crippen LogP contribution in [-0.4, -0.2) is 43.5 Å². The Balaban J connectivity index is 2.50. The number of amides is 2. The van der Waals surface area contributed by atoms with Crippen LogP contribution in [0.5, 0.6) is 5.75 Å². The topological polar surface area (TPSA) is 58.6 Å². The summed E-state index contributed by atoms with van der Waals surface area (Å²) < 4.78 is 5.08. The fourth-order valence-electron chi connectivity index (χ4n) is 2.05. The molecule has 0 spiro atoms. The zero-order chi connectivity index (χ0) is 17.2. The summed E-state index contributed by atoms with van der Waals surface area (Å²) in [5, 5.41) is 2.69. The second kappa shape index (κ2) is 9.66. The van der Waals surface area contributed by atoms with E-state index in [4.69, 9.17) is 4.74 Å². The molecule has 5 nitrogen and oxygen atoms in total. The molecule has 0 aliphatic carbocycles. The number of nitrogens with zero attached hydrogens (tertiary/aromatic N) is 1. The molecule has 0 saturated heterocycles. The van der Waals surface area contributed by atoms with Gasteiger partial charge in [-0.05, 0) is 37.1 Å². The van der Waals surface area contributed by atoms with Crippen molar-refractivity contribution in [1.29, 1.82) is 0 Å². The maximum absolute atomic E-state index is 12.1. The Morgan fingerprint density at radius 1 is 1.30 bits per heavy atom. The van der Waals surface area contributed by atoms with Crippen LogP contribution in [0.4, 0.5) is 0 Å². The first-order valence-electron chi connectivity index (χ1n) is 7.85. The molecular weight excluding hydrogens is 292 g/mol. The van der Waals surface area contributed by atoms with E-state index in [1.165, 1.54) is 6.08 Å². The molecule has 0 fully saturated rings. The molecule has 5 heteroatoms. The summed E-state index contributed by atoms with van der Waals surface area (Å²) >= 11 is 0. The molecule has 1 atom stereocenters. The van der Waals surface area contributed by atoms with Gasteiger partial charge >= 0.3 is 0 Å². The normalized spacial score (nSPS) is 12.0. The van der Waals surface area contributed by atoms with Gasteiger partial charge in [0.05, 0.1) is 7.11 Å². The summed E-state index contributed by atoms with van der Waals surface area (Å²) in [5.74, 6) is 0.399. The third-order valence-corrected chi connectivity index (χ3v) is 3.50. The van der Waals surface area contributed by atoms with Crippen LogP contribution in [0, 0.1) is 0 Å². The van der Waals surface area contributed by atoms with E-state index in [0.717, 1.165) is 24.2 Å². The van der Waals surface area contributed by atoms with Gasteiger partial charge in [0, 0.05) is 19.7 Å². The van der Waals surface area contributed by atoms with Crippen LogP contribution in [0.15, 0.2) is 30.3 Å². The van der Waals surface area contributed by atoms with E-state index in [0.29, 0.717) is 6.54 Å². The minimum absolute atomic E-state index is 0.0790. The van der Waals surface area contributed by atoms with Crippen molar-refractivity contribution in [3.05, 3.63) is 35.9 Å². The molecule has 23 heavy (non-hydrogen) atoms. The highest BCUT2D eigenvalue weighted by molar-refractivity contribution is 5.95. The summed E-state index contributed by atoms with van der Waals surface area (Å²) in [6, 6.07) is 6.83. The second-order valence-corrected chi connectivity index (χ2v) is 5.45. The van der Waals surface area contributed by atoms with Gasteiger partial charge in [-0.25, -0.2) is 0 Å². The molecule has 0 bridgehead atoms. The van der Waals surface area contributed by atoms with Crippen molar-refractivity contribution in [1.82, 2.24) is 10.2 Å². The maximum Gasteiger partial charge on any atom is 0.244 e. The van der Waals surface area contributed by atoms with Gasteiger partial charge in [-0.3, -0.25) is 9.59 Å². The fourth-order valence-corrected chi connectivity index (χ4v) is 2.05. The third-order valence-electron chi connectivity index (χ3n) is 3.50. The van der Waals surface area contributed by atoms with Gasteiger partial charge in [-0.1, -0.05) is 25.5 Å². The number of carbonyl (C=O) groups is 2. The van der Waals surface area contributed by atoms with E-state index in [2.05, 4.69) is 12.2 Å². The van der Waals surface area contributed by atoms with E-state index in [1.807, 2.05) is 24.3 Å². The Bertz CT molecular complexity index is 538. The number of methoxy groups -OCH3 is 1. The molecule has 1 N–H and O–H groups in total. The third kappa shape index (κ3) is 6.55. The molecule has 1 rings (SSSR count). The van der Waals surface area contributed by atoms with Gasteiger partial charge in [0.15, 0.2) is 0 Å². The molecule has 1 aromatic rings. The quantitative estimate of drug-likeness (QED) is 0.749. The number of nitrogens with one attached hydrogen (secondary N) is 1. The number of likely N-dealkylation sites (N-methyl/N-ethyl adjacent to an activating group) is 1. The van der Waals surface area contributed by atoms with Gasteiger partial charge in [0.2, 0.25) is 11.8 Å². The molecule has 2 amide bonds. The van der Waals surface area contributed by atoms with Crippen LogP contribution >= 0.6 is 0 Å². The molecule has 0 aromatic heterocycles. The van der Waals surface area contributed by atoms with E-state index >= 15 is 0 Å². The predicted molar refractivity (Wildman–Crippen MR) is 92.2 cm³/mol. The number of ether oxygens (including phenoxy) is 1. The average Bonchev–Trinajstić information content (AvgIpc) is 2.57. The van der Waals surface area contributed by atoms with Gasteiger partial charge < -0.3 is 15.0 Å². The zero-order valence-electron chi connectivity index (χ0n) is 14.3.